The van der Waals surface area contributed by atoms with E-state index in [0.717, 1.165) is 29.6 Å². The van der Waals surface area contributed by atoms with Crippen LogP contribution >= 0.6 is 11.3 Å². The van der Waals surface area contributed by atoms with E-state index in [4.69, 9.17) is 4.74 Å². The number of halogens is 1. The zero-order valence-corrected chi connectivity index (χ0v) is 16.0. The van der Waals surface area contributed by atoms with Crippen LogP contribution in [0.4, 0.5) is 4.39 Å². The molecule has 1 N–H and O–H groups in total. The largest absolute Gasteiger partial charge is 0.492 e. The van der Waals surface area contributed by atoms with Crippen LogP contribution in [-0.2, 0) is 6.42 Å². The van der Waals surface area contributed by atoms with Gasteiger partial charge in [-0.25, -0.2) is 9.37 Å². The molecule has 2 aromatic rings. The van der Waals surface area contributed by atoms with Crippen LogP contribution in [0.25, 0.3) is 0 Å². The van der Waals surface area contributed by atoms with Crippen LogP contribution in [0.15, 0.2) is 29.3 Å². The number of ether oxygens (including phenoxy) is 1. The van der Waals surface area contributed by atoms with Crippen molar-refractivity contribution >= 4 is 17.3 Å². The molecule has 2 rings (SSSR count). The molecule has 0 saturated heterocycles. The zero-order valence-electron chi connectivity index (χ0n) is 15.2. The summed E-state index contributed by atoms with van der Waals surface area (Å²) in [5.41, 5.74) is 1.11. The van der Waals surface area contributed by atoms with E-state index in [1.54, 1.807) is 30.5 Å². The highest BCUT2D eigenvalue weighted by Gasteiger charge is 2.08. The third-order valence-corrected chi connectivity index (χ3v) is 4.85. The number of guanidine groups is 1. The number of thiazole rings is 1. The van der Waals surface area contributed by atoms with Gasteiger partial charge in [0.05, 0.1) is 17.2 Å². The van der Waals surface area contributed by atoms with E-state index in [9.17, 15) is 4.39 Å². The summed E-state index contributed by atoms with van der Waals surface area (Å²) >= 11 is 1.74. The Balaban J connectivity index is 1.73. The van der Waals surface area contributed by atoms with Crippen molar-refractivity contribution in [3.63, 3.8) is 0 Å². The Morgan fingerprint density at radius 3 is 2.64 bits per heavy atom. The van der Waals surface area contributed by atoms with E-state index in [1.807, 2.05) is 25.8 Å². The Morgan fingerprint density at radius 1 is 1.32 bits per heavy atom. The Kier molecular flexibility index (Phi) is 7.18. The molecule has 1 aromatic carbocycles. The average Bonchev–Trinajstić information content (AvgIpc) is 2.91. The fourth-order valence-electron chi connectivity index (χ4n) is 2.42. The Bertz CT molecular complexity index is 700. The summed E-state index contributed by atoms with van der Waals surface area (Å²) in [5.74, 6) is 1.22. The van der Waals surface area contributed by atoms with Crippen LogP contribution in [0.5, 0.6) is 5.75 Å². The van der Waals surface area contributed by atoms with E-state index in [0.29, 0.717) is 18.9 Å². The van der Waals surface area contributed by atoms with Crippen molar-refractivity contribution in [1.82, 2.24) is 15.2 Å². The molecule has 0 spiro atoms. The van der Waals surface area contributed by atoms with Crippen LogP contribution in [0.3, 0.4) is 0 Å². The zero-order chi connectivity index (χ0) is 18.2. The molecule has 25 heavy (non-hydrogen) atoms. The predicted octanol–water partition coefficient (Wildman–Crippen LogP) is 3.03. The van der Waals surface area contributed by atoms with Gasteiger partial charge < -0.3 is 15.0 Å². The van der Waals surface area contributed by atoms with Gasteiger partial charge in [0.2, 0.25) is 0 Å². The van der Waals surface area contributed by atoms with Gasteiger partial charge in [0, 0.05) is 31.9 Å². The fraction of sp³-hybridized carbons (Fsp3) is 0.444. The fourth-order valence-corrected chi connectivity index (χ4v) is 3.35. The summed E-state index contributed by atoms with van der Waals surface area (Å²) < 4.78 is 18.5. The first-order valence-corrected chi connectivity index (χ1v) is 9.04. The molecule has 136 valence electrons. The lowest BCUT2D eigenvalue weighted by Crippen LogP contribution is -2.41. The highest BCUT2D eigenvalue weighted by Crippen LogP contribution is 2.17. The second-order valence-corrected chi connectivity index (χ2v) is 6.98. The molecule has 0 saturated carbocycles. The van der Waals surface area contributed by atoms with Crippen molar-refractivity contribution in [1.29, 1.82) is 0 Å². The summed E-state index contributed by atoms with van der Waals surface area (Å²) in [6.07, 6.45) is 0.927. The number of nitrogens with one attached hydrogen (secondary N) is 1. The first-order valence-electron chi connectivity index (χ1n) is 8.22. The van der Waals surface area contributed by atoms with E-state index in [1.165, 1.54) is 17.0 Å². The van der Waals surface area contributed by atoms with Crippen LogP contribution < -0.4 is 10.1 Å². The minimum atomic E-state index is -0.263. The highest BCUT2D eigenvalue weighted by molar-refractivity contribution is 7.11. The third-order valence-electron chi connectivity index (χ3n) is 3.72. The standard InChI is InChI=1S/C18H25FN4OS/c1-13-17(25-14(2)22-13)9-10-21-18(20-3)23(4)11-12-24-16-7-5-15(19)6-8-16/h5-8H,9-12H2,1-4H3,(H,20,21). The van der Waals surface area contributed by atoms with Gasteiger partial charge in [-0.05, 0) is 38.1 Å². The van der Waals surface area contributed by atoms with Gasteiger partial charge in [0.25, 0.3) is 0 Å². The van der Waals surface area contributed by atoms with E-state index < -0.39 is 0 Å². The summed E-state index contributed by atoms with van der Waals surface area (Å²) in [6.45, 7) is 6.05. The maximum absolute atomic E-state index is 12.9. The van der Waals surface area contributed by atoms with Crippen molar-refractivity contribution in [3.8, 4) is 5.75 Å². The van der Waals surface area contributed by atoms with Crippen molar-refractivity contribution in [3.05, 3.63) is 45.7 Å². The van der Waals surface area contributed by atoms with Crippen LogP contribution in [0.2, 0.25) is 0 Å². The second-order valence-electron chi connectivity index (χ2n) is 5.69. The molecule has 0 amide bonds. The molecular weight excluding hydrogens is 339 g/mol. The molecule has 5 nitrogen and oxygen atoms in total. The van der Waals surface area contributed by atoms with Crippen LogP contribution in [0.1, 0.15) is 15.6 Å². The van der Waals surface area contributed by atoms with Gasteiger partial charge in [-0.15, -0.1) is 11.3 Å². The lowest BCUT2D eigenvalue weighted by Gasteiger charge is -2.22. The molecule has 0 aliphatic rings. The number of nitrogens with zero attached hydrogens (tertiary/aromatic N) is 3. The number of benzene rings is 1. The van der Waals surface area contributed by atoms with Gasteiger partial charge in [-0.3, -0.25) is 4.99 Å². The number of aromatic nitrogens is 1. The number of aliphatic imine (C=N–C) groups is 1. The SMILES string of the molecule is CN=C(NCCc1sc(C)nc1C)N(C)CCOc1ccc(F)cc1. The molecule has 0 fully saturated rings. The predicted molar refractivity (Wildman–Crippen MR) is 101 cm³/mol. The second kappa shape index (κ2) is 9.36. The summed E-state index contributed by atoms with van der Waals surface area (Å²) in [4.78, 5) is 12.1. The molecule has 1 aromatic heterocycles. The van der Waals surface area contributed by atoms with Crippen molar-refractivity contribution in [2.45, 2.75) is 20.3 Å². The molecular formula is C18H25FN4OS. The number of aryl methyl sites for hydroxylation is 2. The van der Waals surface area contributed by atoms with Gasteiger partial charge in [0.15, 0.2) is 5.96 Å². The van der Waals surface area contributed by atoms with Gasteiger partial charge >= 0.3 is 0 Å². The minimum Gasteiger partial charge on any atom is -0.492 e. The number of hydrogen-bond acceptors (Lipinski definition) is 4. The number of hydrogen-bond donors (Lipinski definition) is 1. The lowest BCUT2D eigenvalue weighted by molar-refractivity contribution is 0.281. The molecule has 0 unspecified atom stereocenters. The molecule has 0 aliphatic carbocycles. The Labute approximate surface area is 152 Å². The number of rotatable bonds is 7. The average molecular weight is 364 g/mol. The molecule has 0 aliphatic heterocycles. The first kappa shape index (κ1) is 19.2. The quantitative estimate of drug-likeness (QED) is 0.606. The molecule has 1 heterocycles. The summed E-state index contributed by atoms with van der Waals surface area (Å²) in [6, 6.07) is 6.04. The van der Waals surface area contributed by atoms with Gasteiger partial charge in [-0.2, -0.15) is 0 Å². The normalized spacial score (nSPS) is 11.5. The maximum atomic E-state index is 12.9. The van der Waals surface area contributed by atoms with E-state index in [2.05, 4.69) is 15.3 Å². The van der Waals surface area contributed by atoms with Gasteiger partial charge in [-0.1, -0.05) is 0 Å². The van der Waals surface area contributed by atoms with Crippen molar-refractivity contribution < 1.29 is 9.13 Å². The molecule has 0 radical (unpaired) electrons. The Morgan fingerprint density at radius 2 is 2.04 bits per heavy atom. The lowest BCUT2D eigenvalue weighted by atomic mass is 10.3. The minimum absolute atomic E-state index is 0.263. The Hall–Kier alpha value is -2.15. The van der Waals surface area contributed by atoms with Crippen molar-refractivity contribution in [2.24, 2.45) is 4.99 Å². The van der Waals surface area contributed by atoms with Crippen LogP contribution in [0, 0.1) is 19.7 Å². The molecule has 0 bridgehead atoms. The monoisotopic (exact) mass is 364 g/mol. The van der Waals surface area contributed by atoms with Crippen LogP contribution in [-0.4, -0.2) is 49.6 Å². The molecule has 7 heteroatoms. The topological polar surface area (TPSA) is 49.8 Å². The summed E-state index contributed by atoms with van der Waals surface area (Å²) in [7, 11) is 3.73. The van der Waals surface area contributed by atoms with Crippen molar-refractivity contribution in [2.75, 3.05) is 33.8 Å². The highest BCUT2D eigenvalue weighted by atomic mass is 32.1. The smallest absolute Gasteiger partial charge is 0.193 e. The third kappa shape index (κ3) is 6.01. The van der Waals surface area contributed by atoms with E-state index >= 15 is 0 Å². The number of likely N-dealkylation sites (N-methyl/N-ethyl adjacent to an activating group) is 1. The maximum Gasteiger partial charge on any atom is 0.193 e. The van der Waals surface area contributed by atoms with Gasteiger partial charge in [0.1, 0.15) is 18.2 Å². The van der Waals surface area contributed by atoms with E-state index in [-0.39, 0.29) is 5.82 Å². The first-order chi connectivity index (χ1) is 12.0. The summed E-state index contributed by atoms with van der Waals surface area (Å²) in [5, 5.41) is 4.46. The molecule has 0 atom stereocenters.